The van der Waals surface area contributed by atoms with E-state index < -0.39 is 0 Å². The number of fused-ring (bicyclic) bond motifs is 3. The van der Waals surface area contributed by atoms with E-state index in [1.807, 2.05) is 18.2 Å². The summed E-state index contributed by atoms with van der Waals surface area (Å²) < 4.78 is 5.25. The zero-order chi connectivity index (χ0) is 13.2. The number of hydrogen-bond donors (Lipinski definition) is 2. The zero-order valence-corrected chi connectivity index (χ0v) is 10.6. The molecule has 3 rings (SSSR count). The van der Waals surface area contributed by atoms with Gasteiger partial charge in [0.15, 0.2) is 5.82 Å². The molecule has 0 saturated heterocycles. The summed E-state index contributed by atoms with van der Waals surface area (Å²) in [5.41, 5.74) is 2.79. The quantitative estimate of drug-likeness (QED) is 0.703. The van der Waals surface area contributed by atoms with Crippen LogP contribution in [0.25, 0.3) is 21.9 Å². The van der Waals surface area contributed by atoms with Crippen molar-refractivity contribution in [2.24, 2.45) is 0 Å². The minimum Gasteiger partial charge on any atom is -0.497 e. The summed E-state index contributed by atoms with van der Waals surface area (Å²) in [7, 11) is 1.65. The normalized spacial score (nSPS) is 10.8. The summed E-state index contributed by atoms with van der Waals surface area (Å²) in [6, 6.07) is 5.87. The second-order valence-corrected chi connectivity index (χ2v) is 4.15. The minimum atomic E-state index is 0.658. The molecule has 0 aliphatic carbocycles. The van der Waals surface area contributed by atoms with Crippen LogP contribution in [-0.4, -0.2) is 28.6 Å². The van der Waals surface area contributed by atoms with Gasteiger partial charge < -0.3 is 15.0 Å². The van der Waals surface area contributed by atoms with Gasteiger partial charge in [0.05, 0.1) is 7.11 Å². The van der Waals surface area contributed by atoms with E-state index in [1.54, 1.807) is 19.5 Å². The van der Waals surface area contributed by atoms with Crippen LogP contribution in [0, 0.1) is 0 Å². The Kier molecular flexibility index (Phi) is 2.79. The molecule has 0 radical (unpaired) electrons. The first-order valence-electron chi connectivity index (χ1n) is 5.98. The van der Waals surface area contributed by atoms with E-state index in [1.165, 1.54) is 0 Å². The first kappa shape index (κ1) is 11.5. The first-order chi connectivity index (χ1) is 9.33. The van der Waals surface area contributed by atoms with Gasteiger partial charge in [-0.3, -0.25) is 0 Å². The number of methoxy groups -OCH3 is 1. The van der Waals surface area contributed by atoms with E-state index in [9.17, 15) is 0 Å². The van der Waals surface area contributed by atoms with Gasteiger partial charge in [-0.25, -0.2) is 9.97 Å². The van der Waals surface area contributed by atoms with Gasteiger partial charge in [-0.1, -0.05) is 6.08 Å². The number of anilines is 1. The molecule has 0 aliphatic heterocycles. The minimum absolute atomic E-state index is 0.658. The molecule has 5 nitrogen and oxygen atoms in total. The van der Waals surface area contributed by atoms with E-state index >= 15 is 0 Å². The van der Waals surface area contributed by atoms with Gasteiger partial charge in [-0.15, -0.1) is 6.58 Å². The van der Waals surface area contributed by atoms with Crippen LogP contribution < -0.4 is 10.1 Å². The molecule has 0 aliphatic rings. The lowest BCUT2D eigenvalue weighted by molar-refractivity contribution is 0.415. The van der Waals surface area contributed by atoms with Gasteiger partial charge in [-0.2, -0.15) is 0 Å². The molecule has 0 saturated carbocycles. The van der Waals surface area contributed by atoms with Crippen molar-refractivity contribution in [2.45, 2.75) is 0 Å². The van der Waals surface area contributed by atoms with E-state index in [0.717, 1.165) is 33.5 Å². The Balaban J connectivity index is 2.24. The van der Waals surface area contributed by atoms with Gasteiger partial charge in [0.1, 0.15) is 23.1 Å². The number of H-pyrrole nitrogens is 1. The number of rotatable bonds is 4. The van der Waals surface area contributed by atoms with Crippen molar-refractivity contribution in [3.8, 4) is 5.75 Å². The van der Waals surface area contributed by atoms with E-state index in [-0.39, 0.29) is 0 Å². The Labute approximate surface area is 110 Å². The predicted molar refractivity (Wildman–Crippen MR) is 76.6 cm³/mol. The van der Waals surface area contributed by atoms with E-state index in [4.69, 9.17) is 4.74 Å². The average Bonchev–Trinajstić information content (AvgIpc) is 2.83. The Bertz CT molecular complexity index is 748. The van der Waals surface area contributed by atoms with Crippen LogP contribution in [0.15, 0.2) is 37.2 Å². The van der Waals surface area contributed by atoms with Crippen LogP contribution in [0.2, 0.25) is 0 Å². The molecule has 0 fully saturated rings. The van der Waals surface area contributed by atoms with Crippen molar-refractivity contribution in [1.29, 1.82) is 0 Å². The van der Waals surface area contributed by atoms with Crippen LogP contribution in [-0.2, 0) is 0 Å². The first-order valence-corrected chi connectivity index (χ1v) is 5.98. The summed E-state index contributed by atoms with van der Waals surface area (Å²) in [5, 5.41) is 4.22. The SMILES string of the molecule is C=CCNc1ncnc2c1[nH]c1ccc(OC)cc12. The smallest absolute Gasteiger partial charge is 0.154 e. The second-order valence-electron chi connectivity index (χ2n) is 4.15. The maximum Gasteiger partial charge on any atom is 0.154 e. The third kappa shape index (κ3) is 1.89. The summed E-state index contributed by atoms with van der Waals surface area (Å²) in [5.74, 6) is 1.59. The van der Waals surface area contributed by atoms with Gasteiger partial charge in [0.25, 0.3) is 0 Å². The van der Waals surface area contributed by atoms with Gasteiger partial charge in [0.2, 0.25) is 0 Å². The van der Waals surface area contributed by atoms with Crippen molar-refractivity contribution in [2.75, 3.05) is 19.0 Å². The fraction of sp³-hybridized carbons (Fsp3) is 0.143. The number of benzene rings is 1. The third-order valence-corrected chi connectivity index (χ3v) is 3.00. The molecule has 1 aromatic carbocycles. The highest BCUT2D eigenvalue weighted by atomic mass is 16.5. The number of nitrogens with zero attached hydrogens (tertiary/aromatic N) is 2. The van der Waals surface area contributed by atoms with Crippen LogP contribution in [0.5, 0.6) is 5.75 Å². The average molecular weight is 254 g/mol. The zero-order valence-electron chi connectivity index (χ0n) is 10.6. The van der Waals surface area contributed by atoms with Crippen molar-refractivity contribution in [3.63, 3.8) is 0 Å². The molecule has 2 N–H and O–H groups in total. The molecule has 19 heavy (non-hydrogen) atoms. The van der Waals surface area contributed by atoms with Gasteiger partial charge in [0, 0.05) is 17.4 Å². The maximum absolute atomic E-state index is 5.25. The molecule has 96 valence electrons. The molecule has 2 heterocycles. The standard InChI is InChI=1S/C14H14N4O/c1-3-6-15-14-13-12(16-8-17-14)10-7-9(19-2)4-5-11(10)18-13/h3-5,7-8,18H,1,6H2,2H3,(H,15,16,17). The lowest BCUT2D eigenvalue weighted by Crippen LogP contribution is -2.01. The molecular weight excluding hydrogens is 240 g/mol. The third-order valence-electron chi connectivity index (χ3n) is 3.00. The van der Waals surface area contributed by atoms with Crippen LogP contribution in [0.4, 0.5) is 5.82 Å². The highest BCUT2D eigenvalue weighted by Gasteiger charge is 2.10. The van der Waals surface area contributed by atoms with Gasteiger partial charge >= 0.3 is 0 Å². The Morgan fingerprint density at radius 2 is 2.32 bits per heavy atom. The summed E-state index contributed by atoms with van der Waals surface area (Å²) in [6.45, 7) is 4.35. The fourth-order valence-electron chi connectivity index (χ4n) is 2.10. The highest BCUT2D eigenvalue weighted by molar-refractivity contribution is 6.08. The number of nitrogens with one attached hydrogen (secondary N) is 2. The van der Waals surface area contributed by atoms with Crippen molar-refractivity contribution < 1.29 is 4.74 Å². The molecule has 2 aromatic heterocycles. The lowest BCUT2D eigenvalue weighted by Gasteiger charge is -2.02. The number of ether oxygens (including phenoxy) is 1. The van der Waals surface area contributed by atoms with Crippen LogP contribution >= 0.6 is 0 Å². The van der Waals surface area contributed by atoms with Gasteiger partial charge in [-0.05, 0) is 18.2 Å². The number of aromatic nitrogens is 3. The van der Waals surface area contributed by atoms with Crippen LogP contribution in [0.1, 0.15) is 0 Å². The molecule has 0 unspecified atom stereocenters. The topological polar surface area (TPSA) is 62.8 Å². The Hall–Kier alpha value is -2.56. The van der Waals surface area contributed by atoms with E-state index in [2.05, 4.69) is 26.8 Å². The maximum atomic E-state index is 5.25. The van der Waals surface area contributed by atoms with Crippen molar-refractivity contribution >= 4 is 27.8 Å². The summed E-state index contributed by atoms with van der Waals surface area (Å²) in [6.07, 6.45) is 3.35. The highest BCUT2D eigenvalue weighted by Crippen LogP contribution is 2.29. The van der Waals surface area contributed by atoms with E-state index in [0.29, 0.717) is 6.54 Å². The molecular formula is C14H14N4O. The molecule has 0 amide bonds. The molecule has 0 bridgehead atoms. The molecule has 3 aromatic rings. The van der Waals surface area contributed by atoms with Crippen molar-refractivity contribution in [1.82, 2.24) is 15.0 Å². The summed E-state index contributed by atoms with van der Waals surface area (Å²) >= 11 is 0. The number of hydrogen-bond acceptors (Lipinski definition) is 4. The largest absolute Gasteiger partial charge is 0.497 e. The Morgan fingerprint density at radius 1 is 1.42 bits per heavy atom. The second kappa shape index (κ2) is 4.61. The predicted octanol–water partition coefficient (Wildman–Crippen LogP) is 2.72. The lowest BCUT2D eigenvalue weighted by atomic mass is 10.2. The molecule has 0 spiro atoms. The number of aromatic amines is 1. The molecule has 0 atom stereocenters. The van der Waals surface area contributed by atoms with Crippen LogP contribution in [0.3, 0.4) is 0 Å². The Morgan fingerprint density at radius 3 is 3.11 bits per heavy atom. The fourth-order valence-corrected chi connectivity index (χ4v) is 2.10. The van der Waals surface area contributed by atoms with Crippen molar-refractivity contribution in [3.05, 3.63) is 37.2 Å². The summed E-state index contributed by atoms with van der Waals surface area (Å²) in [4.78, 5) is 11.9. The monoisotopic (exact) mass is 254 g/mol. The molecule has 5 heteroatoms.